The van der Waals surface area contributed by atoms with Gasteiger partial charge in [-0.25, -0.2) is 0 Å². The number of hydrogen-bond donors (Lipinski definition) is 1. The smallest absolute Gasteiger partial charge is 0.393 e. The third kappa shape index (κ3) is 5.71. The number of halogens is 3. The van der Waals surface area contributed by atoms with Gasteiger partial charge in [0, 0.05) is 12.2 Å². The highest BCUT2D eigenvalue weighted by Gasteiger charge is 2.46. The van der Waals surface area contributed by atoms with Crippen LogP contribution in [0.4, 0.5) is 18.9 Å². The molecule has 1 rings (SSSR count). The maximum absolute atomic E-state index is 12.5. The summed E-state index contributed by atoms with van der Waals surface area (Å²) in [6, 6.07) is 5.58. The molecule has 6 nitrogen and oxygen atoms in total. The number of para-hydroxylation sites is 1. The number of nitrogens with zero attached hydrogens (tertiary/aromatic N) is 1. The summed E-state index contributed by atoms with van der Waals surface area (Å²) in [6.07, 6.45) is 0. The summed E-state index contributed by atoms with van der Waals surface area (Å²) in [7, 11) is -5.51. The molecule has 1 aromatic rings. The first-order chi connectivity index (χ1) is 10.7. The first kappa shape index (κ1) is 19.2. The fraction of sp³-hybridized carbons (Fsp3) is 0.462. The maximum atomic E-state index is 12.5. The van der Waals surface area contributed by atoms with E-state index in [9.17, 15) is 21.6 Å². The van der Waals surface area contributed by atoms with E-state index in [1.165, 1.54) is 29.8 Å². The molecule has 1 aromatic carbocycles. The molecule has 0 atom stereocenters. The topological polar surface area (TPSA) is 77.0 Å². The van der Waals surface area contributed by atoms with Crippen LogP contribution in [0.25, 0.3) is 0 Å². The Morgan fingerprint density at radius 2 is 1.91 bits per heavy atom. The van der Waals surface area contributed by atoms with Crippen LogP contribution in [0.15, 0.2) is 29.4 Å². The molecule has 1 N–H and O–H groups in total. The molecule has 0 aliphatic carbocycles. The zero-order valence-corrected chi connectivity index (χ0v) is 13.4. The van der Waals surface area contributed by atoms with E-state index in [0.29, 0.717) is 13.2 Å². The summed E-state index contributed by atoms with van der Waals surface area (Å²) in [5.74, 6) is 0. The standard InChI is InChI=1S/C13H17F3N2O4S/c1-3-21-8-9-22-17-10(2)11-6-4-5-7-12(11)18-23(19,20)13(14,15)16/h4-7,18H,3,8-9H2,1-2H3. The van der Waals surface area contributed by atoms with Gasteiger partial charge in [-0.2, -0.15) is 21.6 Å². The third-order valence-corrected chi connectivity index (χ3v) is 3.69. The quantitative estimate of drug-likeness (QED) is 0.442. The number of nitrogens with one attached hydrogen (secondary N) is 1. The highest BCUT2D eigenvalue weighted by Crippen LogP contribution is 2.27. The van der Waals surface area contributed by atoms with Crippen LogP contribution in [0.5, 0.6) is 0 Å². The molecule has 0 amide bonds. The summed E-state index contributed by atoms with van der Waals surface area (Å²) in [5, 5.41) is 3.74. The Labute approximate surface area is 132 Å². The maximum Gasteiger partial charge on any atom is 0.516 e. The van der Waals surface area contributed by atoms with E-state index in [4.69, 9.17) is 9.57 Å². The van der Waals surface area contributed by atoms with Crippen LogP contribution >= 0.6 is 0 Å². The van der Waals surface area contributed by atoms with Crippen molar-refractivity contribution in [2.75, 3.05) is 24.5 Å². The first-order valence-corrected chi connectivity index (χ1v) is 8.10. The van der Waals surface area contributed by atoms with Gasteiger partial charge in [0.2, 0.25) is 0 Å². The van der Waals surface area contributed by atoms with Crippen LogP contribution in [0, 0.1) is 0 Å². The Kier molecular flexibility index (Phi) is 6.82. The largest absolute Gasteiger partial charge is 0.516 e. The lowest BCUT2D eigenvalue weighted by atomic mass is 10.1. The van der Waals surface area contributed by atoms with Crippen LogP contribution in [0.2, 0.25) is 0 Å². The Hall–Kier alpha value is -1.81. The Bertz CT molecular complexity index is 645. The van der Waals surface area contributed by atoms with E-state index < -0.39 is 15.5 Å². The van der Waals surface area contributed by atoms with Crippen molar-refractivity contribution in [2.45, 2.75) is 19.4 Å². The number of sulfonamides is 1. The molecule has 0 bridgehead atoms. The lowest BCUT2D eigenvalue weighted by molar-refractivity contribution is -0.0429. The Morgan fingerprint density at radius 3 is 2.52 bits per heavy atom. The molecule has 0 aliphatic heterocycles. The zero-order valence-electron chi connectivity index (χ0n) is 12.6. The van der Waals surface area contributed by atoms with Gasteiger partial charge < -0.3 is 9.57 Å². The monoisotopic (exact) mass is 354 g/mol. The van der Waals surface area contributed by atoms with Crippen LogP contribution in [-0.4, -0.2) is 39.5 Å². The molecule has 0 saturated heterocycles. The summed E-state index contributed by atoms with van der Waals surface area (Å²) < 4.78 is 66.3. The highest BCUT2D eigenvalue weighted by atomic mass is 32.2. The molecule has 23 heavy (non-hydrogen) atoms. The van der Waals surface area contributed by atoms with E-state index in [-0.39, 0.29) is 23.6 Å². The first-order valence-electron chi connectivity index (χ1n) is 6.62. The van der Waals surface area contributed by atoms with Crippen molar-refractivity contribution in [3.63, 3.8) is 0 Å². The van der Waals surface area contributed by atoms with Crippen LogP contribution in [0.3, 0.4) is 0 Å². The van der Waals surface area contributed by atoms with Gasteiger partial charge in [-0.3, -0.25) is 4.72 Å². The molecule has 0 heterocycles. The van der Waals surface area contributed by atoms with E-state index in [1.54, 1.807) is 6.07 Å². The fourth-order valence-corrected chi connectivity index (χ4v) is 2.11. The second kappa shape index (κ2) is 8.16. The number of oxime groups is 1. The van der Waals surface area contributed by atoms with Crippen molar-refractivity contribution in [1.29, 1.82) is 0 Å². The summed E-state index contributed by atoms with van der Waals surface area (Å²) in [5.41, 5.74) is -5.24. The summed E-state index contributed by atoms with van der Waals surface area (Å²) in [6.45, 7) is 4.31. The van der Waals surface area contributed by atoms with Gasteiger partial charge in [-0.1, -0.05) is 23.4 Å². The van der Waals surface area contributed by atoms with Crippen LogP contribution in [-0.2, 0) is 19.6 Å². The van der Waals surface area contributed by atoms with E-state index in [1.807, 2.05) is 6.92 Å². The van der Waals surface area contributed by atoms with Gasteiger partial charge in [0.05, 0.1) is 18.0 Å². The van der Waals surface area contributed by atoms with E-state index >= 15 is 0 Å². The van der Waals surface area contributed by atoms with E-state index in [2.05, 4.69) is 5.16 Å². The second-order valence-corrected chi connectivity index (χ2v) is 5.98. The predicted octanol–water partition coefficient (Wildman–Crippen LogP) is 2.73. The minimum atomic E-state index is -5.51. The fourth-order valence-electron chi connectivity index (χ4n) is 1.52. The van der Waals surface area contributed by atoms with Crippen LogP contribution < -0.4 is 4.72 Å². The summed E-state index contributed by atoms with van der Waals surface area (Å²) in [4.78, 5) is 4.97. The lowest BCUT2D eigenvalue weighted by Crippen LogP contribution is -2.30. The molecule has 0 radical (unpaired) electrons. The van der Waals surface area contributed by atoms with Gasteiger partial charge >= 0.3 is 15.5 Å². The zero-order chi connectivity index (χ0) is 17.5. The average Bonchev–Trinajstić information content (AvgIpc) is 2.46. The predicted molar refractivity (Wildman–Crippen MR) is 79.7 cm³/mol. The van der Waals surface area contributed by atoms with Crippen molar-refractivity contribution < 1.29 is 31.2 Å². The molecule has 130 valence electrons. The third-order valence-electron chi connectivity index (χ3n) is 2.59. The molecule has 0 spiro atoms. The molecule has 0 aliphatic rings. The number of benzene rings is 1. The number of alkyl halides is 3. The summed E-state index contributed by atoms with van der Waals surface area (Å²) >= 11 is 0. The molecular weight excluding hydrogens is 337 g/mol. The lowest BCUT2D eigenvalue weighted by Gasteiger charge is -2.13. The van der Waals surface area contributed by atoms with Gasteiger partial charge in [0.25, 0.3) is 0 Å². The number of anilines is 1. The molecule has 0 fully saturated rings. The molecule has 0 aromatic heterocycles. The van der Waals surface area contributed by atoms with Crippen LogP contribution in [0.1, 0.15) is 19.4 Å². The average molecular weight is 354 g/mol. The normalized spacial score (nSPS) is 13.0. The number of hydrogen-bond acceptors (Lipinski definition) is 5. The molecule has 10 heteroatoms. The highest BCUT2D eigenvalue weighted by molar-refractivity contribution is 7.93. The Balaban J connectivity index is 2.91. The van der Waals surface area contributed by atoms with Gasteiger partial charge in [-0.15, -0.1) is 0 Å². The Morgan fingerprint density at radius 1 is 1.26 bits per heavy atom. The van der Waals surface area contributed by atoms with Crippen molar-refractivity contribution in [2.24, 2.45) is 5.16 Å². The van der Waals surface area contributed by atoms with Crippen molar-refractivity contribution >= 4 is 21.4 Å². The van der Waals surface area contributed by atoms with Gasteiger partial charge in [-0.05, 0) is 19.9 Å². The molecule has 0 saturated carbocycles. The second-order valence-electron chi connectivity index (χ2n) is 4.30. The minimum Gasteiger partial charge on any atom is -0.393 e. The molecule has 0 unspecified atom stereocenters. The van der Waals surface area contributed by atoms with Crippen molar-refractivity contribution in [3.8, 4) is 0 Å². The number of rotatable bonds is 8. The van der Waals surface area contributed by atoms with Crippen molar-refractivity contribution in [3.05, 3.63) is 29.8 Å². The van der Waals surface area contributed by atoms with Gasteiger partial charge in [0.15, 0.2) is 0 Å². The molecular formula is C13H17F3N2O4S. The minimum absolute atomic E-state index is 0.168. The number of ether oxygens (including phenoxy) is 1. The van der Waals surface area contributed by atoms with Crippen molar-refractivity contribution in [1.82, 2.24) is 0 Å². The van der Waals surface area contributed by atoms with E-state index in [0.717, 1.165) is 0 Å². The van der Waals surface area contributed by atoms with Gasteiger partial charge in [0.1, 0.15) is 6.61 Å². The SMILES string of the molecule is CCOCCON=C(C)c1ccccc1NS(=O)(=O)C(F)(F)F.